The van der Waals surface area contributed by atoms with E-state index in [1.54, 1.807) is 0 Å². The van der Waals surface area contributed by atoms with E-state index in [9.17, 15) is 4.79 Å². The molecule has 1 saturated carbocycles. The molecule has 1 fully saturated rings. The molecule has 0 amide bonds. The van der Waals surface area contributed by atoms with Gasteiger partial charge in [-0.15, -0.1) is 0 Å². The molecule has 1 aliphatic rings. The van der Waals surface area contributed by atoms with Crippen molar-refractivity contribution in [3.63, 3.8) is 0 Å². The van der Waals surface area contributed by atoms with Gasteiger partial charge in [0.05, 0.1) is 12.5 Å². The van der Waals surface area contributed by atoms with Gasteiger partial charge in [0.2, 0.25) is 0 Å². The summed E-state index contributed by atoms with van der Waals surface area (Å²) in [6, 6.07) is 0.301. The number of hydrogen-bond acceptors (Lipinski definition) is 3. The van der Waals surface area contributed by atoms with E-state index >= 15 is 0 Å². The molecule has 0 atom stereocenters. The fourth-order valence-electron chi connectivity index (χ4n) is 1.68. The van der Waals surface area contributed by atoms with Crippen LogP contribution >= 0.6 is 0 Å². The smallest absolute Gasteiger partial charge is 0.308 e. The van der Waals surface area contributed by atoms with Gasteiger partial charge < -0.3 is 10.5 Å². The highest BCUT2D eigenvalue weighted by atomic mass is 16.5. The van der Waals surface area contributed by atoms with E-state index in [1.165, 1.54) is 0 Å². The van der Waals surface area contributed by atoms with Crippen LogP contribution < -0.4 is 5.73 Å². The van der Waals surface area contributed by atoms with Crippen LogP contribution in [-0.2, 0) is 9.53 Å². The molecule has 3 heteroatoms. The lowest BCUT2D eigenvalue weighted by molar-refractivity contribution is -0.149. The number of ether oxygens (including phenoxy) is 1. The molecule has 13 heavy (non-hydrogen) atoms. The number of carbonyl (C=O) groups is 1. The quantitative estimate of drug-likeness (QED) is 0.677. The topological polar surface area (TPSA) is 52.3 Å². The molecule has 0 aromatic carbocycles. The van der Waals surface area contributed by atoms with Crippen molar-refractivity contribution in [2.75, 3.05) is 6.61 Å². The predicted molar refractivity (Wildman–Crippen MR) is 51.2 cm³/mol. The average molecular weight is 185 g/mol. The monoisotopic (exact) mass is 185 g/mol. The van der Waals surface area contributed by atoms with Gasteiger partial charge in [-0.25, -0.2) is 0 Å². The average Bonchev–Trinajstić information content (AvgIpc) is 2.15. The normalized spacial score (nSPS) is 28.5. The highest BCUT2D eigenvalue weighted by Crippen LogP contribution is 2.24. The Hall–Kier alpha value is -0.570. The molecule has 0 radical (unpaired) electrons. The van der Waals surface area contributed by atoms with Crippen LogP contribution in [0.3, 0.4) is 0 Å². The van der Waals surface area contributed by atoms with Gasteiger partial charge in [-0.3, -0.25) is 4.79 Å². The third-order valence-electron chi connectivity index (χ3n) is 2.55. The standard InChI is InChI=1S/C10H19NO2/c1-2-7-13-10(12)8-3-5-9(11)6-4-8/h8-9H,2-7,11H2,1H3. The van der Waals surface area contributed by atoms with Crippen molar-refractivity contribution in [1.29, 1.82) is 0 Å². The molecule has 0 aromatic rings. The first kappa shape index (κ1) is 10.5. The van der Waals surface area contributed by atoms with Gasteiger partial charge in [-0.2, -0.15) is 0 Å². The van der Waals surface area contributed by atoms with Crippen molar-refractivity contribution in [2.24, 2.45) is 11.7 Å². The number of rotatable bonds is 3. The minimum atomic E-state index is -0.0197. The first-order valence-corrected chi connectivity index (χ1v) is 5.16. The molecule has 0 heterocycles. The van der Waals surface area contributed by atoms with Crippen LogP contribution in [-0.4, -0.2) is 18.6 Å². The molecule has 0 bridgehead atoms. The largest absolute Gasteiger partial charge is 0.465 e. The van der Waals surface area contributed by atoms with Gasteiger partial charge in [-0.1, -0.05) is 6.92 Å². The zero-order valence-corrected chi connectivity index (χ0v) is 8.29. The van der Waals surface area contributed by atoms with Crippen LogP contribution in [0.5, 0.6) is 0 Å². The highest BCUT2D eigenvalue weighted by molar-refractivity contribution is 5.72. The van der Waals surface area contributed by atoms with E-state index in [0.29, 0.717) is 12.6 Å². The molecule has 0 aromatic heterocycles. The van der Waals surface area contributed by atoms with Crippen molar-refractivity contribution in [1.82, 2.24) is 0 Å². The van der Waals surface area contributed by atoms with E-state index in [2.05, 4.69) is 0 Å². The third-order valence-corrected chi connectivity index (χ3v) is 2.55. The van der Waals surface area contributed by atoms with Gasteiger partial charge in [-0.05, 0) is 32.1 Å². The molecule has 0 saturated heterocycles. The van der Waals surface area contributed by atoms with E-state index in [1.807, 2.05) is 6.92 Å². The zero-order valence-electron chi connectivity index (χ0n) is 8.29. The van der Waals surface area contributed by atoms with Crippen LogP contribution in [0, 0.1) is 5.92 Å². The van der Waals surface area contributed by atoms with Crippen molar-refractivity contribution < 1.29 is 9.53 Å². The van der Waals surface area contributed by atoms with Gasteiger partial charge in [0, 0.05) is 6.04 Å². The van der Waals surface area contributed by atoms with Crippen molar-refractivity contribution >= 4 is 5.97 Å². The van der Waals surface area contributed by atoms with Crippen LogP contribution in [0.4, 0.5) is 0 Å². The maximum atomic E-state index is 11.4. The van der Waals surface area contributed by atoms with Crippen LogP contribution in [0.1, 0.15) is 39.0 Å². The zero-order chi connectivity index (χ0) is 9.68. The lowest BCUT2D eigenvalue weighted by Crippen LogP contribution is -2.30. The molecule has 1 rings (SSSR count). The molecule has 3 nitrogen and oxygen atoms in total. The summed E-state index contributed by atoms with van der Waals surface area (Å²) in [4.78, 5) is 11.4. The Balaban J connectivity index is 2.23. The highest BCUT2D eigenvalue weighted by Gasteiger charge is 2.25. The number of nitrogens with two attached hydrogens (primary N) is 1. The summed E-state index contributed by atoms with van der Waals surface area (Å²) in [6.07, 6.45) is 4.64. The van der Waals surface area contributed by atoms with Crippen molar-refractivity contribution in [3.05, 3.63) is 0 Å². The maximum absolute atomic E-state index is 11.4. The van der Waals surface area contributed by atoms with E-state index < -0.39 is 0 Å². The second-order valence-corrected chi connectivity index (χ2v) is 3.78. The maximum Gasteiger partial charge on any atom is 0.308 e. The minimum absolute atomic E-state index is 0.0197. The van der Waals surface area contributed by atoms with Crippen LogP contribution in [0.25, 0.3) is 0 Å². The molecular formula is C10H19NO2. The second-order valence-electron chi connectivity index (χ2n) is 3.78. The summed E-state index contributed by atoms with van der Waals surface area (Å²) in [6.45, 7) is 2.56. The van der Waals surface area contributed by atoms with E-state index in [0.717, 1.165) is 32.1 Å². The van der Waals surface area contributed by atoms with Crippen LogP contribution in [0.15, 0.2) is 0 Å². The van der Waals surface area contributed by atoms with Crippen molar-refractivity contribution in [3.8, 4) is 0 Å². The van der Waals surface area contributed by atoms with Gasteiger partial charge in [0.1, 0.15) is 0 Å². The van der Waals surface area contributed by atoms with Gasteiger partial charge in [0.25, 0.3) is 0 Å². The summed E-state index contributed by atoms with van der Waals surface area (Å²) in [5.74, 6) is 0.0973. The predicted octanol–water partition coefficient (Wildman–Crippen LogP) is 1.46. The number of hydrogen-bond donors (Lipinski definition) is 1. The van der Waals surface area contributed by atoms with E-state index in [-0.39, 0.29) is 11.9 Å². The molecule has 0 spiro atoms. The fourth-order valence-corrected chi connectivity index (χ4v) is 1.68. The molecular weight excluding hydrogens is 166 g/mol. The Morgan fingerprint density at radius 2 is 2.00 bits per heavy atom. The Kier molecular flexibility index (Phi) is 4.22. The van der Waals surface area contributed by atoms with Gasteiger partial charge >= 0.3 is 5.97 Å². The second kappa shape index (κ2) is 5.22. The Morgan fingerprint density at radius 1 is 1.38 bits per heavy atom. The molecule has 1 aliphatic carbocycles. The molecule has 2 N–H and O–H groups in total. The summed E-state index contributed by atoms with van der Waals surface area (Å²) < 4.78 is 5.09. The van der Waals surface area contributed by atoms with Crippen LogP contribution in [0.2, 0.25) is 0 Å². The fraction of sp³-hybridized carbons (Fsp3) is 0.900. The van der Waals surface area contributed by atoms with Crippen molar-refractivity contribution in [2.45, 2.75) is 45.1 Å². The number of carbonyl (C=O) groups excluding carboxylic acids is 1. The first-order valence-electron chi connectivity index (χ1n) is 5.16. The summed E-state index contributed by atoms with van der Waals surface area (Å²) in [5.41, 5.74) is 5.75. The molecule has 0 unspecified atom stereocenters. The minimum Gasteiger partial charge on any atom is -0.465 e. The first-order chi connectivity index (χ1) is 6.24. The third kappa shape index (κ3) is 3.35. The Bertz CT molecular complexity index is 162. The SMILES string of the molecule is CCCOC(=O)C1CCC(N)CC1. The summed E-state index contributed by atoms with van der Waals surface area (Å²) >= 11 is 0. The summed E-state index contributed by atoms with van der Waals surface area (Å²) in [5, 5.41) is 0. The summed E-state index contributed by atoms with van der Waals surface area (Å²) in [7, 11) is 0. The molecule has 0 aliphatic heterocycles. The Morgan fingerprint density at radius 3 is 2.54 bits per heavy atom. The lowest BCUT2D eigenvalue weighted by Gasteiger charge is -2.24. The Labute approximate surface area is 79.6 Å². The molecule has 76 valence electrons. The van der Waals surface area contributed by atoms with Gasteiger partial charge in [0.15, 0.2) is 0 Å². The lowest BCUT2D eigenvalue weighted by atomic mass is 9.86. The number of esters is 1. The van der Waals surface area contributed by atoms with E-state index in [4.69, 9.17) is 10.5 Å².